The molecule has 0 amide bonds. The van der Waals surface area contributed by atoms with Crippen LogP contribution in [0.1, 0.15) is 12.8 Å². The number of rotatable bonds is 2. The van der Waals surface area contributed by atoms with Crippen LogP contribution in [0.15, 0.2) is 29.4 Å². The van der Waals surface area contributed by atoms with Crippen molar-refractivity contribution in [3.63, 3.8) is 0 Å². The molecule has 1 aliphatic heterocycles. The molecule has 2 rings (SSSR count). The molecule has 0 atom stereocenters. The van der Waals surface area contributed by atoms with Crippen molar-refractivity contribution in [2.45, 2.75) is 12.8 Å². The van der Waals surface area contributed by atoms with E-state index < -0.39 is 16.2 Å². The summed E-state index contributed by atoms with van der Waals surface area (Å²) in [6, 6.07) is 2.68. The average Bonchev–Trinajstić information content (AvgIpc) is 2.30. The van der Waals surface area contributed by atoms with Gasteiger partial charge in [0, 0.05) is 12.3 Å². The Morgan fingerprint density at radius 2 is 2.31 bits per heavy atom. The summed E-state index contributed by atoms with van der Waals surface area (Å²) in [6.07, 6.45) is 4.48. The minimum absolute atomic E-state index is 0.422. The summed E-state index contributed by atoms with van der Waals surface area (Å²) in [5, 5.41) is 10.6. The molecule has 1 aromatic rings. The maximum Gasteiger partial charge on any atom is 0.334 e. The summed E-state index contributed by atoms with van der Waals surface area (Å²) in [5.74, 6) is 0. The van der Waals surface area contributed by atoms with Crippen molar-refractivity contribution in [1.29, 1.82) is 0 Å². The fraction of sp³-hybridized carbons (Fsp3) is 0.300. The molecule has 0 saturated carbocycles. The lowest BCUT2D eigenvalue weighted by Gasteiger charge is -2.14. The first-order valence-electron chi connectivity index (χ1n) is 4.87. The van der Waals surface area contributed by atoms with Crippen LogP contribution in [-0.2, 0) is 4.74 Å². The summed E-state index contributed by atoms with van der Waals surface area (Å²) in [5.41, 5.74) is -0.391. The SMILES string of the molecule is O=c1c([N+](=O)[O-])cccn1C1=COCCC1. The van der Waals surface area contributed by atoms with Crippen LogP contribution in [0.2, 0.25) is 0 Å². The molecule has 6 heteroatoms. The van der Waals surface area contributed by atoms with Crippen molar-refractivity contribution in [3.05, 3.63) is 45.1 Å². The Labute approximate surface area is 90.9 Å². The van der Waals surface area contributed by atoms with Crippen molar-refractivity contribution in [1.82, 2.24) is 4.57 Å². The molecule has 0 bridgehead atoms. The van der Waals surface area contributed by atoms with Gasteiger partial charge in [-0.25, -0.2) is 0 Å². The number of hydrogen-bond donors (Lipinski definition) is 0. The Bertz CT molecular complexity index is 504. The molecule has 6 nitrogen and oxygen atoms in total. The molecule has 2 heterocycles. The Morgan fingerprint density at radius 1 is 1.50 bits per heavy atom. The Hall–Kier alpha value is -2.11. The van der Waals surface area contributed by atoms with Crippen LogP contribution in [0, 0.1) is 10.1 Å². The third-order valence-electron chi connectivity index (χ3n) is 2.35. The summed E-state index contributed by atoms with van der Waals surface area (Å²) in [4.78, 5) is 21.7. The highest BCUT2D eigenvalue weighted by atomic mass is 16.6. The van der Waals surface area contributed by atoms with Gasteiger partial charge in [-0.05, 0) is 18.9 Å². The second-order valence-electron chi connectivity index (χ2n) is 3.41. The molecule has 1 aromatic heterocycles. The zero-order valence-corrected chi connectivity index (χ0v) is 8.46. The molecule has 84 valence electrons. The second kappa shape index (κ2) is 4.18. The highest BCUT2D eigenvalue weighted by Gasteiger charge is 2.16. The van der Waals surface area contributed by atoms with Crippen LogP contribution in [0.5, 0.6) is 0 Å². The van der Waals surface area contributed by atoms with E-state index in [4.69, 9.17) is 4.74 Å². The minimum atomic E-state index is -0.678. The molecular weight excluding hydrogens is 212 g/mol. The predicted molar refractivity (Wildman–Crippen MR) is 56.8 cm³/mol. The number of nitrogens with zero attached hydrogens (tertiary/aromatic N) is 2. The van der Waals surface area contributed by atoms with Gasteiger partial charge in [-0.15, -0.1) is 0 Å². The van der Waals surface area contributed by atoms with E-state index in [1.807, 2.05) is 0 Å². The van der Waals surface area contributed by atoms with Gasteiger partial charge < -0.3 is 4.74 Å². The number of aromatic nitrogens is 1. The fourth-order valence-corrected chi connectivity index (χ4v) is 1.58. The van der Waals surface area contributed by atoms with E-state index in [0.717, 1.165) is 6.42 Å². The van der Waals surface area contributed by atoms with Crippen molar-refractivity contribution < 1.29 is 9.66 Å². The van der Waals surface area contributed by atoms with E-state index in [2.05, 4.69) is 0 Å². The highest BCUT2D eigenvalue weighted by Crippen LogP contribution is 2.16. The van der Waals surface area contributed by atoms with E-state index >= 15 is 0 Å². The molecule has 1 aliphatic rings. The van der Waals surface area contributed by atoms with Crippen LogP contribution >= 0.6 is 0 Å². The Balaban J connectivity index is 2.49. The minimum Gasteiger partial charge on any atom is -0.499 e. The normalized spacial score (nSPS) is 15.1. The first-order valence-corrected chi connectivity index (χ1v) is 4.87. The van der Waals surface area contributed by atoms with E-state index in [0.29, 0.717) is 18.7 Å². The Morgan fingerprint density at radius 3 is 2.94 bits per heavy atom. The van der Waals surface area contributed by atoms with Gasteiger partial charge in [0.2, 0.25) is 0 Å². The van der Waals surface area contributed by atoms with Crippen molar-refractivity contribution in [3.8, 4) is 0 Å². The van der Waals surface area contributed by atoms with Gasteiger partial charge in [0.05, 0.1) is 17.2 Å². The molecule has 0 unspecified atom stereocenters. The van der Waals surface area contributed by atoms with Gasteiger partial charge in [-0.2, -0.15) is 0 Å². The number of nitro groups is 1. The third-order valence-corrected chi connectivity index (χ3v) is 2.35. The maximum absolute atomic E-state index is 11.7. The predicted octanol–water partition coefficient (Wildman–Crippen LogP) is 1.37. The standard InChI is InChI=1S/C10H10N2O4/c13-10-9(12(14)15)4-1-5-11(10)8-3-2-6-16-7-8/h1,4-5,7H,2-3,6H2. The van der Waals surface area contributed by atoms with E-state index in [1.165, 1.54) is 29.2 Å². The smallest absolute Gasteiger partial charge is 0.334 e. The van der Waals surface area contributed by atoms with Crippen LogP contribution < -0.4 is 5.56 Å². The number of hydrogen-bond acceptors (Lipinski definition) is 4. The van der Waals surface area contributed by atoms with Crippen LogP contribution in [0.25, 0.3) is 5.70 Å². The van der Waals surface area contributed by atoms with Gasteiger partial charge in [0.15, 0.2) is 0 Å². The zero-order valence-electron chi connectivity index (χ0n) is 8.46. The van der Waals surface area contributed by atoms with Gasteiger partial charge >= 0.3 is 11.2 Å². The lowest BCUT2D eigenvalue weighted by Crippen LogP contribution is -2.22. The second-order valence-corrected chi connectivity index (χ2v) is 3.41. The van der Waals surface area contributed by atoms with Crippen molar-refractivity contribution in [2.24, 2.45) is 0 Å². The van der Waals surface area contributed by atoms with Crippen LogP contribution in [0.3, 0.4) is 0 Å². The third kappa shape index (κ3) is 1.81. The number of ether oxygens (including phenoxy) is 1. The molecule has 16 heavy (non-hydrogen) atoms. The molecule has 0 spiro atoms. The van der Waals surface area contributed by atoms with Crippen LogP contribution in [-0.4, -0.2) is 16.1 Å². The number of allylic oxidation sites excluding steroid dienone is 1. The first-order chi connectivity index (χ1) is 7.70. The highest BCUT2D eigenvalue weighted by molar-refractivity contribution is 5.46. The maximum atomic E-state index is 11.7. The monoisotopic (exact) mass is 222 g/mol. The molecule has 0 aliphatic carbocycles. The summed E-state index contributed by atoms with van der Waals surface area (Å²) < 4.78 is 6.36. The summed E-state index contributed by atoms with van der Waals surface area (Å²) >= 11 is 0. The van der Waals surface area contributed by atoms with Crippen molar-refractivity contribution >= 4 is 11.4 Å². The average molecular weight is 222 g/mol. The van der Waals surface area contributed by atoms with Crippen LogP contribution in [0.4, 0.5) is 5.69 Å². The molecule has 0 saturated heterocycles. The summed E-state index contributed by atoms with van der Waals surface area (Å²) in [6.45, 7) is 0.618. The molecular formula is C10H10N2O4. The fourth-order valence-electron chi connectivity index (χ4n) is 1.58. The Kier molecular flexibility index (Phi) is 2.72. The van der Waals surface area contributed by atoms with Gasteiger partial charge in [-0.1, -0.05) is 0 Å². The number of pyridine rings is 1. The lowest BCUT2D eigenvalue weighted by molar-refractivity contribution is -0.386. The molecule has 0 fully saturated rings. The molecule has 0 aromatic carbocycles. The van der Waals surface area contributed by atoms with E-state index in [9.17, 15) is 14.9 Å². The van der Waals surface area contributed by atoms with Crippen molar-refractivity contribution in [2.75, 3.05) is 6.61 Å². The van der Waals surface area contributed by atoms with Gasteiger partial charge in [0.25, 0.3) is 0 Å². The quantitative estimate of drug-likeness (QED) is 0.559. The van der Waals surface area contributed by atoms with E-state index in [-0.39, 0.29) is 0 Å². The first kappa shape index (κ1) is 10.4. The largest absolute Gasteiger partial charge is 0.499 e. The summed E-state index contributed by atoms with van der Waals surface area (Å²) in [7, 11) is 0. The topological polar surface area (TPSA) is 74.4 Å². The van der Waals surface area contributed by atoms with Gasteiger partial charge in [-0.3, -0.25) is 19.5 Å². The van der Waals surface area contributed by atoms with E-state index in [1.54, 1.807) is 0 Å². The molecule has 0 N–H and O–H groups in total. The zero-order chi connectivity index (χ0) is 11.5. The molecule has 0 radical (unpaired) electrons. The lowest BCUT2D eigenvalue weighted by atomic mass is 10.2. The van der Waals surface area contributed by atoms with Gasteiger partial charge in [0.1, 0.15) is 6.26 Å².